The molecule has 2 aromatic rings. The fraction of sp³-hybridized carbons (Fsp3) is 0.167. The fourth-order valence-corrected chi connectivity index (χ4v) is 1.94. The summed E-state index contributed by atoms with van der Waals surface area (Å²) >= 11 is 1.30. The predicted molar refractivity (Wildman–Crippen MR) is 72.3 cm³/mol. The summed E-state index contributed by atoms with van der Waals surface area (Å²) in [4.78, 5) is 15.8. The third-order valence-corrected chi connectivity index (χ3v) is 3.28. The zero-order chi connectivity index (χ0) is 13.8. The Bertz CT molecular complexity index is 663. The maximum atomic E-state index is 11.9. The Morgan fingerprint density at radius 2 is 2.42 bits per heavy atom. The van der Waals surface area contributed by atoms with Crippen LogP contribution < -0.4 is 5.32 Å². The monoisotopic (exact) mass is 273 g/mol. The van der Waals surface area contributed by atoms with Crippen LogP contribution in [0.4, 0.5) is 5.13 Å². The van der Waals surface area contributed by atoms with E-state index in [1.807, 2.05) is 13.0 Å². The van der Waals surface area contributed by atoms with Crippen molar-refractivity contribution < 1.29 is 4.79 Å². The summed E-state index contributed by atoms with van der Waals surface area (Å²) in [6.07, 6.45) is 4.72. The van der Waals surface area contributed by atoms with Gasteiger partial charge >= 0.3 is 0 Å². The van der Waals surface area contributed by atoms with Gasteiger partial charge in [0.2, 0.25) is 0 Å². The van der Waals surface area contributed by atoms with Crippen LogP contribution in [-0.2, 0) is 11.8 Å². The lowest BCUT2D eigenvalue weighted by molar-refractivity contribution is -0.112. The molecule has 1 amide bonds. The summed E-state index contributed by atoms with van der Waals surface area (Å²) < 4.78 is 1.68. The molecule has 96 valence electrons. The van der Waals surface area contributed by atoms with E-state index in [2.05, 4.69) is 15.4 Å². The second-order valence-corrected chi connectivity index (χ2v) is 4.66. The normalized spacial score (nSPS) is 11.1. The van der Waals surface area contributed by atoms with Gasteiger partial charge in [-0.1, -0.05) is 0 Å². The second-order valence-electron chi connectivity index (χ2n) is 3.77. The molecule has 0 aliphatic heterocycles. The van der Waals surface area contributed by atoms with Gasteiger partial charge in [0.05, 0.1) is 6.20 Å². The van der Waals surface area contributed by atoms with E-state index < -0.39 is 5.91 Å². The van der Waals surface area contributed by atoms with Crippen molar-refractivity contribution in [3.05, 3.63) is 34.6 Å². The molecule has 0 saturated heterocycles. The van der Waals surface area contributed by atoms with E-state index in [9.17, 15) is 4.79 Å². The molecule has 0 radical (unpaired) electrons. The van der Waals surface area contributed by atoms with Crippen molar-refractivity contribution in [2.75, 3.05) is 5.32 Å². The van der Waals surface area contributed by atoms with Crippen molar-refractivity contribution in [2.45, 2.75) is 6.92 Å². The molecule has 2 rings (SSSR count). The zero-order valence-corrected chi connectivity index (χ0v) is 11.2. The van der Waals surface area contributed by atoms with Gasteiger partial charge in [-0.3, -0.25) is 14.8 Å². The first-order valence-electron chi connectivity index (χ1n) is 5.43. The van der Waals surface area contributed by atoms with Gasteiger partial charge in [0.25, 0.3) is 5.91 Å². The Morgan fingerprint density at radius 3 is 2.95 bits per heavy atom. The molecule has 7 heteroatoms. The molecule has 19 heavy (non-hydrogen) atoms. The largest absolute Gasteiger partial charge is 0.297 e. The van der Waals surface area contributed by atoms with Gasteiger partial charge in [-0.25, -0.2) is 4.98 Å². The van der Waals surface area contributed by atoms with Gasteiger partial charge in [0.1, 0.15) is 11.6 Å². The number of nitriles is 1. The summed E-state index contributed by atoms with van der Waals surface area (Å²) in [6.45, 7) is 1.87. The molecule has 0 fully saturated rings. The van der Waals surface area contributed by atoms with Crippen LogP contribution >= 0.6 is 11.3 Å². The number of thiazole rings is 1. The van der Waals surface area contributed by atoms with Crippen molar-refractivity contribution in [1.82, 2.24) is 14.8 Å². The topological polar surface area (TPSA) is 83.6 Å². The number of carbonyl (C=O) groups is 1. The molecular weight excluding hydrogens is 262 g/mol. The quantitative estimate of drug-likeness (QED) is 0.682. The van der Waals surface area contributed by atoms with E-state index in [1.165, 1.54) is 17.4 Å². The molecule has 0 aliphatic carbocycles. The van der Waals surface area contributed by atoms with Gasteiger partial charge in [-0.2, -0.15) is 10.4 Å². The molecule has 0 unspecified atom stereocenters. The number of aromatic nitrogens is 3. The van der Waals surface area contributed by atoms with Crippen LogP contribution in [0.5, 0.6) is 0 Å². The molecule has 1 N–H and O–H groups in total. The van der Waals surface area contributed by atoms with Gasteiger partial charge in [-0.15, -0.1) is 11.3 Å². The Hall–Kier alpha value is -2.46. The number of nitrogens with one attached hydrogen (secondary N) is 1. The number of aryl methyl sites for hydroxylation is 1. The first-order valence-corrected chi connectivity index (χ1v) is 6.31. The van der Waals surface area contributed by atoms with Crippen LogP contribution in [0.1, 0.15) is 11.3 Å². The molecule has 0 bridgehead atoms. The van der Waals surface area contributed by atoms with Gasteiger partial charge < -0.3 is 0 Å². The molecule has 2 heterocycles. The van der Waals surface area contributed by atoms with Crippen molar-refractivity contribution in [2.24, 2.45) is 7.05 Å². The van der Waals surface area contributed by atoms with E-state index in [0.717, 1.165) is 11.3 Å². The van der Waals surface area contributed by atoms with Gasteiger partial charge in [0.15, 0.2) is 5.13 Å². The van der Waals surface area contributed by atoms with Gasteiger partial charge in [0, 0.05) is 29.9 Å². The molecule has 0 spiro atoms. The van der Waals surface area contributed by atoms with Crippen LogP contribution in [0.3, 0.4) is 0 Å². The molecule has 0 aromatic carbocycles. The Balaban J connectivity index is 2.23. The lowest BCUT2D eigenvalue weighted by Gasteiger charge is -2.00. The molecule has 6 nitrogen and oxygen atoms in total. The highest BCUT2D eigenvalue weighted by Crippen LogP contribution is 2.14. The first-order chi connectivity index (χ1) is 9.11. The lowest BCUT2D eigenvalue weighted by atomic mass is 10.1. The van der Waals surface area contributed by atoms with Crippen LogP contribution in [0.15, 0.2) is 23.3 Å². The zero-order valence-electron chi connectivity index (χ0n) is 10.4. The standard InChI is InChI=1S/C12H11N5OS/c1-8-10(7-15-17(8)2)5-9(6-13)11(18)16-12-14-3-4-19-12/h3-5,7H,1-2H3,(H,14,16,18). The number of carbonyl (C=O) groups excluding carboxylic acids is 1. The number of anilines is 1. The van der Waals surface area contributed by atoms with Crippen LogP contribution in [0.25, 0.3) is 6.08 Å². The number of nitrogens with zero attached hydrogens (tertiary/aromatic N) is 4. The SMILES string of the molecule is Cc1c(C=C(C#N)C(=O)Nc2nccs2)cnn1C. The van der Waals surface area contributed by atoms with E-state index >= 15 is 0 Å². The van der Waals surface area contributed by atoms with Crippen molar-refractivity contribution >= 4 is 28.5 Å². The summed E-state index contributed by atoms with van der Waals surface area (Å²) in [5, 5.41) is 17.9. The number of amides is 1. The highest BCUT2D eigenvalue weighted by atomic mass is 32.1. The lowest BCUT2D eigenvalue weighted by Crippen LogP contribution is -2.13. The predicted octanol–water partition coefficient (Wildman–Crippen LogP) is 1.73. The molecular formula is C12H11N5OS. The van der Waals surface area contributed by atoms with E-state index in [4.69, 9.17) is 5.26 Å². The number of hydrogen-bond donors (Lipinski definition) is 1. The van der Waals surface area contributed by atoms with Gasteiger partial charge in [-0.05, 0) is 13.0 Å². The van der Waals surface area contributed by atoms with E-state index in [-0.39, 0.29) is 5.57 Å². The van der Waals surface area contributed by atoms with Crippen molar-refractivity contribution in [3.8, 4) is 6.07 Å². The summed E-state index contributed by atoms with van der Waals surface area (Å²) in [5.41, 5.74) is 1.65. The highest BCUT2D eigenvalue weighted by molar-refractivity contribution is 7.13. The smallest absolute Gasteiger partial charge is 0.268 e. The first kappa shape index (κ1) is 13.0. The average Bonchev–Trinajstić information content (AvgIpc) is 3.00. The summed E-state index contributed by atoms with van der Waals surface area (Å²) in [5.74, 6) is -0.472. The Labute approximate surface area is 114 Å². The molecule has 0 atom stereocenters. The number of hydrogen-bond acceptors (Lipinski definition) is 5. The highest BCUT2D eigenvalue weighted by Gasteiger charge is 2.12. The summed E-state index contributed by atoms with van der Waals surface area (Å²) in [7, 11) is 1.80. The molecule has 0 saturated carbocycles. The summed E-state index contributed by atoms with van der Waals surface area (Å²) in [6, 6.07) is 1.89. The Kier molecular flexibility index (Phi) is 3.73. The number of rotatable bonds is 3. The molecule has 0 aliphatic rings. The minimum Gasteiger partial charge on any atom is -0.297 e. The van der Waals surface area contributed by atoms with E-state index in [0.29, 0.717) is 5.13 Å². The Morgan fingerprint density at radius 1 is 1.63 bits per heavy atom. The third-order valence-electron chi connectivity index (χ3n) is 2.59. The van der Waals surface area contributed by atoms with Crippen LogP contribution in [0, 0.1) is 18.3 Å². The van der Waals surface area contributed by atoms with Crippen molar-refractivity contribution in [3.63, 3.8) is 0 Å². The van der Waals surface area contributed by atoms with E-state index in [1.54, 1.807) is 29.5 Å². The van der Waals surface area contributed by atoms with Crippen molar-refractivity contribution in [1.29, 1.82) is 5.26 Å². The second kappa shape index (κ2) is 5.46. The average molecular weight is 273 g/mol. The maximum absolute atomic E-state index is 11.9. The fourth-order valence-electron chi connectivity index (χ4n) is 1.41. The molecule has 2 aromatic heterocycles. The van der Waals surface area contributed by atoms with Crippen LogP contribution in [-0.4, -0.2) is 20.7 Å². The minimum absolute atomic E-state index is 0.0197. The third kappa shape index (κ3) is 2.86. The maximum Gasteiger partial charge on any atom is 0.268 e. The van der Waals surface area contributed by atoms with Crippen LogP contribution in [0.2, 0.25) is 0 Å². The minimum atomic E-state index is -0.472.